The molecule has 2 aromatic rings. The molecule has 2 fully saturated rings. The second-order valence-corrected chi connectivity index (χ2v) is 9.19. The van der Waals surface area contributed by atoms with Crippen LogP contribution in [0, 0.1) is 0 Å². The van der Waals surface area contributed by atoms with Crippen LogP contribution in [0.4, 0.5) is 5.82 Å². The summed E-state index contributed by atoms with van der Waals surface area (Å²) in [6, 6.07) is -0.00510. The van der Waals surface area contributed by atoms with E-state index in [1.807, 2.05) is 4.57 Å². The minimum absolute atomic E-state index is 0.00510. The SMILES string of the molecule is CCCCSc1nc(NCCN2CCOCC2)c2nc(O)n(CCN3CCOCC3)c2n1. The topological polar surface area (TPSA) is 101 Å². The Balaban J connectivity index is 1.50. The molecular formula is C21H35N7O3S. The number of hydrogen-bond acceptors (Lipinski definition) is 10. The standard InChI is InChI=1S/C21H35N7O3S/c1-2-3-16-32-20-24-18(22-4-5-26-8-12-30-13-9-26)17-19(25-20)28(21(29)23-17)7-6-27-10-14-31-15-11-27/h2-16H2,1H3,(H,23,29)(H,22,24,25). The molecule has 2 aliphatic heterocycles. The fourth-order valence-corrected chi connectivity index (χ4v) is 4.82. The number of aromatic hydroxyl groups is 1. The first-order valence-corrected chi connectivity index (χ1v) is 12.7. The molecule has 0 spiro atoms. The summed E-state index contributed by atoms with van der Waals surface area (Å²) in [7, 11) is 0. The molecule has 0 atom stereocenters. The molecular weight excluding hydrogens is 430 g/mol. The van der Waals surface area contributed by atoms with E-state index in [0.29, 0.717) is 23.5 Å². The summed E-state index contributed by atoms with van der Waals surface area (Å²) in [5.41, 5.74) is 1.32. The van der Waals surface area contributed by atoms with Crippen molar-refractivity contribution in [1.82, 2.24) is 29.3 Å². The van der Waals surface area contributed by atoms with Crippen LogP contribution in [-0.4, -0.2) is 112 Å². The average molecular weight is 466 g/mol. The molecule has 0 bridgehead atoms. The van der Waals surface area contributed by atoms with Crippen LogP contribution in [0.5, 0.6) is 6.01 Å². The summed E-state index contributed by atoms with van der Waals surface area (Å²) < 4.78 is 12.7. The fourth-order valence-electron chi connectivity index (χ4n) is 3.89. The van der Waals surface area contributed by atoms with Gasteiger partial charge in [-0.05, 0) is 6.42 Å². The summed E-state index contributed by atoms with van der Waals surface area (Å²) in [6.45, 7) is 12.1. The normalized spacial score (nSPS) is 18.4. The third-order valence-electron chi connectivity index (χ3n) is 5.85. The van der Waals surface area contributed by atoms with Crippen LogP contribution in [-0.2, 0) is 16.0 Å². The van der Waals surface area contributed by atoms with Crippen molar-refractivity contribution in [1.29, 1.82) is 0 Å². The van der Waals surface area contributed by atoms with Gasteiger partial charge >= 0.3 is 0 Å². The van der Waals surface area contributed by atoms with Crippen LogP contribution >= 0.6 is 11.8 Å². The summed E-state index contributed by atoms with van der Waals surface area (Å²) in [4.78, 5) is 18.7. The Bertz CT molecular complexity index is 854. The van der Waals surface area contributed by atoms with Crippen molar-refractivity contribution in [3.8, 4) is 6.01 Å². The van der Waals surface area contributed by atoms with Gasteiger partial charge in [-0.15, -0.1) is 0 Å². The number of fused-ring (bicyclic) bond motifs is 1. The lowest BCUT2D eigenvalue weighted by atomic mass is 10.4. The largest absolute Gasteiger partial charge is 0.480 e. The molecule has 2 N–H and O–H groups in total. The molecule has 0 radical (unpaired) electrons. The third kappa shape index (κ3) is 6.22. The minimum atomic E-state index is -0.00510. The minimum Gasteiger partial charge on any atom is -0.480 e. The Morgan fingerprint density at radius 2 is 1.62 bits per heavy atom. The second-order valence-electron chi connectivity index (χ2n) is 8.13. The molecule has 0 amide bonds. The van der Waals surface area contributed by atoms with Gasteiger partial charge in [0.2, 0.25) is 0 Å². The molecule has 2 aliphatic rings. The molecule has 2 saturated heterocycles. The monoisotopic (exact) mass is 465 g/mol. The predicted molar refractivity (Wildman–Crippen MR) is 126 cm³/mol. The number of hydrogen-bond donors (Lipinski definition) is 2. The number of anilines is 1. The molecule has 2 aromatic heterocycles. The lowest BCUT2D eigenvalue weighted by Crippen LogP contribution is -2.39. The van der Waals surface area contributed by atoms with E-state index in [-0.39, 0.29) is 6.01 Å². The number of morpholine rings is 2. The van der Waals surface area contributed by atoms with E-state index in [1.54, 1.807) is 11.8 Å². The van der Waals surface area contributed by atoms with Gasteiger partial charge in [-0.1, -0.05) is 25.1 Å². The lowest BCUT2D eigenvalue weighted by molar-refractivity contribution is 0.0363. The lowest BCUT2D eigenvalue weighted by Gasteiger charge is -2.26. The van der Waals surface area contributed by atoms with Gasteiger partial charge in [0.05, 0.1) is 26.4 Å². The average Bonchev–Trinajstić information content (AvgIpc) is 3.14. The van der Waals surface area contributed by atoms with E-state index in [1.165, 1.54) is 0 Å². The third-order valence-corrected chi connectivity index (χ3v) is 6.78. The maximum absolute atomic E-state index is 10.6. The first kappa shape index (κ1) is 23.5. The Labute approximate surface area is 193 Å². The van der Waals surface area contributed by atoms with Crippen molar-refractivity contribution >= 4 is 28.7 Å². The zero-order valence-electron chi connectivity index (χ0n) is 19.0. The molecule has 4 heterocycles. The Morgan fingerprint density at radius 1 is 0.938 bits per heavy atom. The summed E-state index contributed by atoms with van der Waals surface area (Å²) in [5, 5.41) is 14.8. The molecule has 0 unspecified atom stereocenters. The Morgan fingerprint density at radius 3 is 2.31 bits per heavy atom. The molecule has 11 heteroatoms. The second kappa shape index (κ2) is 12.0. The van der Waals surface area contributed by atoms with Gasteiger partial charge < -0.3 is 19.9 Å². The smallest absolute Gasteiger partial charge is 0.296 e. The van der Waals surface area contributed by atoms with Crippen LogP contribution < -0.4 is 5.32 Å². The van der Waals surface area contributed by atoms with Gasteiger partial charge in [0, 0.05) is 58.1 Å². The first-order valence-electron chi connectivity index (χ1n) is 11.7. The van der Waals surface area contributed by atoms with Crippen molar-refractivity contribution in [3.63, 3.8) is 0 Å². The van der Waals surface area contributed by atoms with Crippen LogP contribution in [0.3, 0.4) is 0 Å². The van der Waals surface area contributed by atoms with E-state index in [9.17, 15) is 5.11 Å². The maximum atomic E-state index is 10.6. The van der Waals surface area contributed by atoms with Gasteiger partial charge in [-0.25, -0.2) is 9.97 Å². The molecule has 0 saturated carbocycles. The van der Waals surface area contributed by atoms with Crippen molar-refractivity contribution in [2.45, 2.75) is 31.5 Å². The van der Waals surface area contributed by atoms with Crippen molar-refractivity contribution < 1.29 is 14.6 Å². The van der Waals surface area contributed by atoms with Gasteiger partial charge in [0.25, 0.3) is 6.01 Å². The Hall–Kier alpha value is -1.66. The number of imidazole rings is 1. The maximum Gasteiger partial charge on any atom is 0.296 e. The highest BCUT2D eigenvalue weighted by Gasteiger charge is 2.19. The number of thioether (sulfide) groups is 1. The fraction of sp³-hybridized carbons (Fsp3) is 0.762. The molecule has 10 nitrogen and oxygen atoms in total. The molecule has 178 valence electrons. The number of nitrogens with zero attached hydrogens (tertiary/aromatic N) is 6. The number of aromatic nitrogens is 4. The van der Waals surface area contributed by atoms with Gasteiger partial charge in [-0.2, -0.15) is 4.98 Å². The van der Waals surface area contributed by atoms with Crippen LogP contribution in [0.25, 0.3) is 11.2 Å². The van der Waals surface area contributed by atoms with Crippen molar-refractivity contribution in [2.75, 3.05) is 83.3 Å². The zero-order valence-corrected chi connectivity index (χ0v) is 19.8. The Kier molecular flexibility index (Phi) is 8.80. The quantitative estimate of drug-likeness (QED) is 0.288. The predicted octanol–water partition coefficient (Wildman–Crippen LogP) is 1.50. The van der Waals surface area contributed by atoms with E-state index in [4.69, 9.17) is 19.4 Å². The molecule has 32 heavy (non-hydrogen) atoms. The number of ether oxygens (including phenoxy) is 2. The van der Waals surface area contributed by atoms with E-state index in [0.717, 1.165) is 96.0 Å². The highest BCUT2D eigenvalue weighted by atomic mass is 32.2. The van der Waals surface area contributed by atoms with E-state index in [2.05, 4.69) is 27.0 Å². The van der Waals surface area contributed by atoms with Crippen LogP contribution in [0.1, 0.15) is 19.8 Å². The van der Waals surface area contributed by atoms with E-state index < -0.39 is 0 Å². The number of unbranched alkanes of at least 4 members (excludes halogenated alkanes) is 1. The zero-order chi connectivity index (χ0) is 22.2. The molecule has 0 aromatic carbocycles. The molecule has 0 aliphatic carbocycles. The first-order chi connectivity index (χ1) is 15.7. The van der Waals surface area contributed by atoms with Crippen LogP contribution in [0.2, 0.25) is 0 Å². The molecule has 4 rings (SSSR count). The van der Waals surface area contributed by atoms with Gasteiger partial charge in [0.1, 0.15) is 0 Å². The highest BCUT2D eigenvalue weighted by Crippen LogP contribution is 2.28. The number of rotatable bonds is 11. The number of nitrogens with one attached hydrogen (secondary N) is 1. The van der Waals surface area contributed by atoms with Crippen molar-refractivity contribution in [3.05, 3.63) is 0 Å². The van der Waals surface area contributed by atoms with E-state index >= 15 is 0 Å². The summed E-state index contributed by atoms with van der Waals surface area (Å²) in [6.07, 6.45) is 2.26. The van der Waals surface area contributed by atoms with Crippen molar-refractivity contribution in [2.24, 2.45) is 0 Å². The van der Waals surface area contributed by atoms with Crippen LogP contribution in [0.15, 0.2) is 5.16 Å². The van der Waals surface area contributed by atoms with Gasteiger partial charge in [0.15, 0.2) is 22.1 Å². The summed E-state index contributed by atoms with van der Waals surface area (Å²) in [5.74, 6) is 1.67. The van der Waals surface area contributed by atoms with Gasteiger partial charge in [-0.3, -0.25) is 14.4 Å². The summed E-state index contributed by atoms with van der Waals surface area (Å²) >= 11 is 1.66. The highest BCUT2D eigenvalue weighted by molar-refractivity contribution is 7.99.